The zero-order valence-electron chi connectivity index (χ0n) is 16.8. The van der Waals surface area contributed by atoms with Crippen LogP contribution in [0.3, 0.4) is 0 Å². The Labute approximate surface area is 189 Å². The van der Waals surface area contributed by atoms with Crippen molar-refractivity contribution in [1.29, 1.82) is 0 Å². The van der Waals surface area contributed by atoms with E-state index in [2.05, 4.69) is 19.7 Å². The first-order valence-electron chi connectivity index (χ1n) is 9.60. The van der Waals surface area contributed by atoms with Crippen molar-refractivity contribution in [3.05, 3.63) is 83.6 Å². The summed E-state index contributed by atoms with van der Waals surface area (Å²) in [7, 11) is -4.13. The normalized spacial score (nSPS) is 13.5. The summed E-state index contributed by atoms with van der Waals surface area (Å²) in [4.78, 5) is 12.6. The molecule has 2 aromatic carbocycles. The highest BCUT2D eigenvalue weighted by Crippen LogP contribution is 2.32. The van der Waals surface area contributed by atoms with Gasteiger partial charge in [0.05, 0.1) is 16.1 Å². The number of hydrogen-bond acceptors (Lipinski definition) is 6. The van der Waals surface area contributed by atoms with Crippen LogP contribution in [-0.2, 0) is 10.0 Å². The number of para-hydroxylation sites is 2. The van der Waals surface area contributed by atoms with Crippen molar-refractivity contribution >= 4 is 38.5 Å². The van der Waals surface area contributed by atoms with Crippen LogP contribution < -0.4 is 9.46 Å². The number of rotatable bonds is 7. The van der Waals surface area contributed by atoms with Crippen molar-refractivity contribution in [3.63, 3.8) is 0 Å². The molecule has 0 aliphatic rings. The van der Waals surface area contributed by atoms with Gasteiger partial charge in [-0.05, 0) is 37.3 Å². The van der Waals surface area contributed by atoms with E-state index in [1.807, 2.05) is 0 Å². The fourth-order valence-corrected chi connectivity index (χ4v) is 4.59. The van der Waals surface area contributed by atoms with Crippen LogP contribution in [0.4, 0.5) is 10.2 Å². The Morgan fingerprint density at radius 3 is 2.34 bits per heavy atom. The fourth-order valence-electron chi connectivity index (χ4n) is 3.07. The number of halogens is 2. The van der Waals surface area contributed by atoms with Gasteiger partial charge in [0.1, 0.15) is 11.1 Å². The van der Waals surface area contributed by atoms with E-state index >= 15 is 0 Å². The standard InChI is InChI=1S/C22H18ClFN4O3S/c1-14(24)20(15-7-6-12-25-13-15)31-22-21(26-17-9-3-4-10-18(17)27-22)28-32(29,30)19-11-5-2-8-16(19)23/h2-14,20H,1H3,(H,26,28). The van der Waals surface area contributed by atoms with Gasteiger partial charge in [-0.1, -0.05) is 41.9 Å². The van der Waals surface area contributed by atoms with E-state index in [9.17, 15) is 12.8 Å². The molecule has 0 radical (unpaired) electrons. The quantitative estimate of drug-likeness (QED) is 0.408. The summed E-state index contributed by atoms with van der Waals surface area (Å²) in [6.45, 7) is 1.33. The number of fused-ring (bicyclic) bond motifs is 1. The molecule has 32 heavy (non-hydrogen) atoms. The Morgan fingerprint density at radius 1 is 1.00 bits per heavy atom. The maximum atomic E-state index is 14.5. The second-order valence-electron chi connectivity index (χ2n) is 6.90. The molecule has 0 bridgehead atoms. The molecule has 4 rings (SSSR count). The number of pyridine rings is 1. The molecular formula is C22H18ClFN4O3S. The van der Waals surface area contributed by atoms with Gasteiger partial charge >= 0.3 is 0 Å². The topological polar surface area (TPSA) is 94.1 Å². The van der Waals surface area contributed by atoms with Crippen molar-refractivity contribution < 1.29 is 17.5 Å². The van der Waals surface area contributed by atoms with Gasteiger partial charge < -0.3 is 4.74 Å². The monoisotopic (exact) mass is 472 g/mol. The zero-order valence-corrected chi connectivity index (χ0v) is 18.4. The summed E-state index contributed by atoms with van der Waals surface area (Å²) in [6.07, 6.45) is 0.508. The first kappa shape index (κ1) is 21.9. The zero-order chi connectivity index (χ0) is 22.7. The number of sulfonamides is 1. The molecule has 0 saturated heterocycles. The number of benzene rings is 2. The lowest BCUT2D eigenvalue weighted by Gasteiger charge is -2.21. The summed E-state index contributed by atoms with van der Waals surface area (Å²) in [5.74, 6) is -0.351. The summed E-state index contributed by atoms with van der Waals surface area (Å²) in [5.41, 5.74) is 1.36. The van der Waals surface area contributed by atoms with Gasteiger partial charge in [0.25, 0.3) is 15.9 Å². The Hall–Kier alpha value is -3.30. The highest BCUT2D eigenvalue weighted by molar-refractivity contribution is 7.92. The largest absolute Gasteiger partial charge is 0.464 e. The summed E-state index contributed by atoms with van der Waals surface area (Å²) in [6, 6.07) is 16.2. The Bertz CT molecular complexity index is 1350. The van der Waals surface area contributed by atoms with Crippen molar-refractivity contribution in [3.8, 4) is 5.88 Å². The van der Waals surface area contributed by atoms with E-state index in [1.165, 1.54) is 25.3 Å². The molecule has 0 aliphatic carbocycles. The van der Waals surface area contributed by atoms with Crippen LogP contribution in [0, 0.1) is 0 Å². The van der Waals surface area contributed by atoms with Gasteiger partial charge in [0.15, 0.2) is 6.10 Å². The van der Waals surface area contributed by atoms with Crippen LogP contribution in [0.2, 0.25) is 5.02 Å². The molecule has 10 heteroatoms. The molecule has 164 valence electrons. The third kappa shape index (κ3) is 4.63. The minimum absolute atomic E-state index is 0.0434. The van der Waals surface area contributed by atoms with E-state index in [0.29, 0.717) is 16.6 Å². The molecule has 0 fully saturated rings. The minimum atomic E-state index is -4.13. The van der Waals surface area contributed by atoms with E-state index < -0.39 is 22.3 Å². The highest BCUT2D eigenvalue weighted by atomic mass is 35.5. The first-order chi connectivity index (χ1) is 15.3. The third-order valence-corrected chi connectivity index (χ3v) is 6.40. The van der Waals surface area contributed by atoms with Crippen LogP contribution in [0.25, 0.3) is 11.0 Å². The minimum Gasteiger partial charge on any atom is -0.464 e. The van der Waals surface area contributed by atoms with Crippen LogP contribution >= 0.6 is 11.6 Å². The Balaban J connectivity index is 1.80. The van der Waals surface area contributed by atoms with Crippen molar-refractivity contribution in [2.75, 3.05) is 4.72 Å². The van der Waals surface area contributed by atoms with E-state index in [0.717, 1.165) is 0 Å². The molecule has 7 nitrogen and oxygen atoms in total. The maximum Gasteiger partial charge on any atom is 0.264 e. The van der Waals surface area contributed by atoms with Crippen molar-refractivity contribution in [2.45, 2.75) is 24.1 Å². The second kappa shape index (κ2) is 9.05. The predicted octanol–water partition coefficient (Wildman–Crippen LogP) is 4.96. The Morgan fingerprint density at radius 2 is 1.69 bits per heavy atom. The number of ether oxygens (including phenoxy) is 1. The highest BCUT2D eigenvalue weighted by Gasteiger charge is 2.27. The molecular weight excluding hydrogens is 455 g/mol. The Kier molecular flexibility index (Phi) is 6.20. The van der Waals surface area contributed by atoms with Crippen LogP contribution in [0.15, 0.2) is 78.0 Å². The van der Waals surface area contributed by atoms with Crippen LogP contribution in [0.1, 0.15) is 18.6 Å². The van der Waals surface area contributed by atoms with Crippen LogP contribution in [0.5, 0.6) is 5.88 Å². The molecule has 2 unspecified atom stereocenters. The average molecular weight is 473 g/mol. The van der Waals surface area contributed by atoms with Crippen LogP contribution in [-0.4, -0.2) is 29.5 Å². The van der Waals surface area contributed by atoms with E-state index in [1.54, 1.807) is 54.7 Å². The molecule has 0 spiro atoms. The summed E-state index contributed by atoms with van der Waals surface area (Å²) < 4.78 is 48.7. The van der Waals surface area contributed by atoms with E-state index in [4.69, 9.17) is 16.3 Å². The van der Waals surface area contributed by atoms with Crippen molar-refractivity contribution in [1.82, 2.24) is 15.0 Å². The number of aromatic nitrogens is 3. The predicted molar refractivity (Wildman–Crippen MR) is 120 cm³/mol. The summed E-state index contributed by atoms with van der Waals surface area (Å²) in [5, 5.41) is 0.0434. The molecule has 0 saturated carbocycles. The molecule has 2 aromatic heterocycles. The first-order valence-corrected chi connectivity index (χ1v) is 11.5. The lowest BCUT2D eigenvalue weighted by atomic mass is 10.1. The molecule has 4 aromatic rings. The molecule has 2 atom stereocenters. The molecule has 0 amide bonds. The van der Waals surface area contributed by atoms with Gasteiger partial charge in [-0.3, -0.25) is 9.71 Å². The number of hydrogen-bond donors (Lipinski definition) is 1. The SMILES string of the molecule is CC(F)C(Oc1nc2ccccc2nc1NS(=O)(=O)c1ccccc1Cl)c1cccnc1. The number of anilines is 1. The lowest BCUT2D eigenvalue weighted by molar-refractivity contribution is 0.107. The second-order valence-corrected chi connectivity index (χ2v) is 8.96. The average Bonchev–Trinajstić information content (AvgIpc) is 2.78. The summed E-state index contributed by atoms with van der Waals surface area (Å²) >= 11 is 6.07. The van der Waals surface area contributed by atoms with Crippen molar-refractivity contribution in [2.24, 2.45) is 0 Å². The molecule has 0 aliphatic heterocycles. The number of nitrogens with zero attached hydrogens (tertiary/aromatic N) is 3. The third-order valence-electron chi connectivity index (χ3n) is 4.56. The maximum absolute atomic E-state index is 14.5. The fraction of sp³-hybridized carbons (Fsp3) is 0.136. The number of alkyl halides is 1. The van der Waals surface area contributed by atoms with Gasteiger partial charge in [0.2, 0.25) is 5.82 Å². The van der Waals surface area contributed by atoms with Gasteiger partial charge in [-0.15, -0.1) is 0 Å². The van der Waals surface area contributed by atoms with E-state index in [-0.39, 0.29) is 21.6 Å². The molecule has 1 N–H and O–H groups in total. The van der Waals surface area contributed by atoms with Gasteiger partial charge in [0, 0.05) is 18.0 Å². The van der Waals surface area contributed by atoms with Gasteiger partial charge in [-0.25, -0.2) is 22.8 Å². The smallest absolute Gasteiger partial charge is 0.264 e. The van der Waals surface area contributed by atoms with Gasteiger partial charge in [-0.2, -0.15) is 0 Å². The molecule has 2 heterocycles. The lowest BCUT2D eigenvalue weighted by Crippen LogP contribution is -2.21. The number of nitrogens with one attached hydrogen (secondary N) is 1.